The van der Waals surface area contributed by atoms with Crippen LogP contribution in [0.3, 0.4) is 0 Å². The number of anilines is 1. The van der Waals surface area contributed by atoms with Crippen LogP contribution in [0, 0.1) is 28.4 Å². The highest BCUT2D eigenvalue weighted by Gasteiger charge is 2.21. The maximum atomic E-state index is 12.2. The molecule has 1 amide bonds. The minimum Gasteiger partial charge on any atom is -0.358 e. The number of hydrogen-bond donors (Lipinski definition) is 1. The first kappa shape index (κ1) is 17.6. The molecule has 2 heterocycles. The van der Waals surface area contributed by atoms with Crippen LogP contribution >= 0.6 is 11.3 Å². The molecule has 126 valence electrons. The van der Waals surface area contributed by atoms with Gasteiger partial charge in [0.15, 0.2) is 0 Å². The van der Waals surface area contributed by atoms with E-state index in [1.165, 1.54) is 22.1 Å². The molecule has 0 aliphatic rings. The number of aromatic nitrogens is 2. The Hall–Kier alpha value is -2.73. The topological polar surface area (TPSA) is 114 Å². The molecule has 2 aromatic heterocycles. The van der Waals surface area contributed by atoms with E-state index in [0.29, 0.717) is 16.4 Å². The van der Waals surface area contributed by atoms with Crippen LogP contribution in [-0.2, 0) is 16.8 Å². The summed E-state index contributed by atoms with van der Waals surface area (Å²) in [5, 5.41) is 22.6. The molecule has 0 spiro atoms. The van der Waals surface area contributed by atoms with Gasteiger partial charge in [-0.1, -0.05) is 20.8 Å². The molecule has 0 atom stereocenters. The van der Waals surface area contributed by atoms with Crippen LogP contribution in [0.5, 0.6) is 0 Å². The number of hydrogen-bond acceptors (Lipinski definition) is 6. The summed E-state index contributed by atoms with van der Waals surface area (Å²) in [4.78, 5) is 27.5. The summed E-state index contributed by atoms with van der Waals surface area (Å²) >= 11 is 1.34. The average Bonchev–Trinajstić information content (AvgIpc) is 3.03. The third-order valence-electron chi connectivity index (χ3n) is 3.31. The summed E-state index contributed by atoms with van der Waals surface area (Å²) in [5.74, 6) is -0.304. The number of imidazole rings is 1. The van der Waals surface area contributed by atoms with Gasteiger partial charge in [-0.3, -0.25) is 9.36 Å². The summed E-state index contributed by atoms with van der Waals surface area (Å²) in [6, 6.07) is 3.88. The lowest BCUT2D eigenvalue weighted by molar-refractivity contribution is -0.389. The number of carbonyl (C=O) groups excluding carboxylic acids is 1. The van der Waals surface area contributed by atoms with Gasteiger partial charge in [0, 0.05) is 11.8 Å². The van der Waals surface area contributed by atoms with Crippen LogP contribution in [0.25, 0.3) is 0 Å². The highest BCUT2D eigenvalue weighted by molar-refractivity contribution is 7.13. The Bertz CT molecular complexity index is 838. The van der Waals surface area contributed by atoms with E-state index >= 15 is 0 Å². The molecule has 1 N–H and O–H groups in total. The maximum absolute atomic E-state index is 12.2. The SMILES string of the molecule is Cc1nc([N+](=O)[O-])cn1CC(=O)Nc1cc(C(C)(C)C)sc1C#N. The molecule has 0 saturated carbocycles. The van der Waals surface area contributed by atoms with Crippen molar-refractivity contribution in [1.82, 2.24) is 9.55 Å². The van der Waals surface area contributed by atoms with E-state index in [9.17, 15) is 20.2 Å². The molecule has 0 saturated heterocycles. The van der Waals surface area contributed by atoms with Crippen molar-refractivity contribution in [2.75, 3.05) is 5.32 Å². The fourth-order valence-electron chi connectivity index (χ4n) is 2.02. The van der Waals surface area contributed by atoms with Crippen LogP contribution < -0.4 is 5.32 Å². The quantitative estimate of drug-likeness (QED) is 0.674. The Morgan fingerprint density at radius 2 is 2.21 bits per heavy atom. The number of nitriles is 1. The van der Waals surface area contributed by atoms with Crippen molar-refractivity contribution in [3.63, 3.8) is 0 Å². The first-order chi connectivity index (χ1) is 11.1. The van der Waals surface area contributed by atoms with Crippen molar-refractivity contribution in [2.45, 2.75) is 39.7 Å². The molecular formula is C15H17N5O3S. The number of carbonyl (C=O) groups is 1. The minimum absolute atomic E-state index is 0.113. The molecule has 8 nitrogen and oxygen atoms in total. The summed E-state index contributed by atoms with van der Waals surface area (Å²) in [5.41, 5.74) is 0.338. The van der Waals surface area contributed by atoms with Crippen molar-refractivity contribution < 1.29 is 9.72 Å². The Balaban J connectivity index is 2.17. The Morgan fingerprint density at radius 1 is 1.54 bits per heavy atom. The zero-order chi connectivity index (χ0) is 18.1. The van der Waals surface area contributed by atoms with E-state index in [0.717, 1.165) is 4.88 Å². The third-order valence-corrected chi connectivity index (χ3v) is 4.78. The molecule has 24 heavy (non-hydrogen) atoms. The van der Waals surface area contributed by atoms with Crippen molar-refractivity contribution in [3.05, 3.63) is 38.0 Å². The van der Waals surface area contributed by atoms with Gasteiger partial charge in [-0.25, -0.2) is 0 Å². The van der Waals surface area contributed by atoms with Gasteiger partial charge in [-0.15, -0.1) is 11.3 Å². The van der Waals surface area contributed by atoms with Gasteiger partial charge in [0.2, 0.25) is 11.7 Å². The summed E-state index contributed by atoms with van der Waals surface area (Å²) in [7, 11) is 0. The van der Waals surface area contributed by atoms with Gasteiger partial charge < -0.3 is 15.4 Å². The maximum Gasteiger partial charge on any atom is 0.381 e. The number of nitro groups is 1. The molecule has 0 bridgehead atoms. The monoisotopic (exact) mass is 347 g/mol. The van der Waals surface area contributed by atoms with Crippen molar-refractivity contribution >= 4 is 28.7 Å². The second-order valence-electron chi connectivity index (χ2n) is 6.29. The van der Waals surface area contributed by atoms with Gasteiger partial charge in [0.05, 0.1) is 5.69 Å². The predicted octanol–water partition coefficient (Wildman–Crippen LogP) is 2.97. The first-order valence-corrected chi connectivity index (χ1v) is 7.96. The van der Waals surface area contributed by atoms with Crippen molar-refractivity contribution in [3.8, 4) is 6.07 Å². The molecule has 0 aliphatic carbocycles. The molecule has 0 fully saturated rings. The predicted molar refractivity (Wildman–Crippen MR) is 90.0 cm³/mol. The number of nitrogens with zero attached hydrogens (tertiary/aromatic N) is 4. The van der Waals surface area contributed by atoms with Gasteiger partial charge in [-0.05, 0) is 21.4 Å². The fourth-order valence-corrected chi connectivity index (χ4v) is 2.99. The molecule has 0 unspecified atom stereocenters. The molecule has 2 rings (SSSR count). The van der Waals surface area contributed by atoms with E-state index in [1.54, 1.807) is 13.0 Å². The summed E-state index contributed by atoms with van der Waals surface area (Å²) < 4.78 is 1.40. The molecule has 0 aromatic carbocycles. The second kappa shape index (κ2) is 6.41. The number of thiophene rings is 1. The van der Waals surface area contributed by atoms with Gasteiger partial charge in [-0.2, -0.15) is 5.26 Å². The van der Waals surface area contributed by atoms with E-state index < -0.39 is 4.92 Å². The van der Waals surface area contributed by atoms with Gasteiger partial charge in [0.25, 0.3) is 0 Å². The first-order valence-electron chi connectivity index (χ1n) is 7.14. The number of rotatable bonds is 4. The minimum atomic E-state index is -0.607. The second-order valence-corrected chi connectivity index (χ2v) is 7.35. The lowest BCUT2D eigenvalue weighted by Gasteiger charge is -2.15. The fraction of sp³-hybridized carbons (Fsp3) is 0.400. The average molecular weight is 347 g/mol. The van der Waals surface area contributed by atoms with Crippen molar-refractivity contribution in [1.29, 1.82) is 5.26 Å². The molecule has 9 heteroatoms. The van der Waals surface area contributed by atoms with Crippen LogP contribution in [0.4, 0.5) is 11.5 Å². The van der Waals surface area contributed by atoms with Crippen LogP contribution in [0.15, 0.2) is 12.3 Å². The largest absolute Gasteiger partial charge is 0.381 e. The lowest BCUT2D eigenvalue weighted by Crippen LogP contribution is -2.19. The zero-order valence-corrected chi connectivity index (χ0v) is 14.6. The normalized spacial score (nSPS) is 11.1. The molecule has 0 radical (unpaired) electrons. The van der Waals surface area contributed by atoms with Crippen LogP contribution in [0.2, 0.25) is 0 Å². The molecule has 2 aromatic rings. The van der Waals surface area contributed by atoms with E-state index in [-0.39, 0.29) is 23.7 Å². The Labute approximate surface area is 142 Å². The van der Waals surface area contributed by atoms with Crippen molar-refractivity contribution in [2.24, 2.45) is 0 Å². The smallest absolute Gasteiger partial charge is 0.358 e. The lowest BCUT2D eigenvalue weighted by atomic mass is 9.94. The number of aryl methyl sites for hydroxylation is 1. The molecule has 0 aliphatic heterocycles. The summed E-state index contributed by atoms with van der Waals surface area (Å²) in [6.07, 6.45) is 1.22. The Morgan fingerprint density at radius 3 is 2.71 bits per heavy atom. The van der Waals surface area contributed by atoms with Crippen LogP contribution in [-0.4, -0.2) is 20.4 Å². The Kier molecular flexibility index (Phi) is 4.71. The van der Waals surface area contributed by atoms with Crippen LogP contribution in [0.1, 0.15) is 36.3 Å². The van der Waals surface area contributed by atoms with Gasteiger partial charge >= 0.3 is 5.82 Å². The standard InChI is InChI=1S/C15H17N5O3S/c1-9-17-13(20(22)23)7-19(9)8-14(21)18-10-5-12(15(2,3)4)24-11(10)6-16/h5,7H,8H2,1-4H3,(H,18,21). The number of amides is 1. The third kappa shape index (κ3) is 3.78. The van der Waals surface area contributed by atoms with Gasteiger partial charge in [0.1, 0.15) is 23.7 Å². The highest BCUT2D eigenvalue weighted by atomic mass is 32.1. The number of nitrogens with one attached hydrogen (secondary N) is 1. The van der Waals surface area contributed by atoms with E-state index in [4.69, 9.17) is 0 Å². The van der Waals surface area contributed by atoms with E-state index in [1.807, 2.05) is 20.8 Å². The van der Waals surface area contributed by atoms with E-state index in [2.05, 4.69) is 16.4 Å². The zero-order valence-electron chi connectivity index (χ0n) is 13.8. The molecular weight excluding hydrogens is 330 g/mol. The summed E-state index contributed by atoms with van der Waals surface area (Å²) in [6.45, 7) is 7.56. The highest BCUT2D eigenvalue weighted by Crippen LogP contribution is 2.34.